The van der Waals surface area contributed by atoms with Gasteiger partial charge in [-0.3, -0.25) is 19.2 Å². The molecule has 14 rings (SSSR count). The number of benzene rings is 8. The van der Waals surface area contributed by atoms with Crippen LogP contribution in [0.2, 0.25) is 0 Å². The minimum Gasteiger partial charge on any atom is -0.512 e. The Balaban J connectivity index is 0.000000370. The first-order valence-electron chi connectivity index (χ1n) is 36.3. The molecule has 0 saturated carbocycles. The van der Waals surface area contributed by atoms with Gasteiger partial charge >= 0.3 is 34.1 Å². The average molecular weight is 1740 g/mol. The van der Waals surface area contributed by atoms with Gasteiger partial charge in [-0.25, -0.2) is 24.3 Å². The van der Waals surface area contributed by atoms with E-state index in [-0.39, 0.29) is 91.4 Å². The summed E-state index contributed by atoms with van der Waals surface area (Å²) in [6, 6.07) is 109. The van der Waals surface area contributed by atoms with Crippen molar-refractivity contribution in [2.45, 2.75) is 0 Å². The molecule has 0 saturated heterocycles. The van der Waals surface area contributed by atoms with E-state index in [0.29, 0.717) is 48.5 Å². The third-order valence-corrected chi connectivity index (χ3v) is 29.1. The normalized spacial score (nSPS) is 13.5. The molecule has 18 heteroatoms. The van der Waals surface area contributed by atoms with Crippen molar-refractivity contribution in [1.29, 1.82) is 10.5 Å². The van der Waals surface area contributed by atoms with Crippen LogP contribution in [0.25, 0.3) is 0 Å². The van der Waals surface area contributed by atoms with Gasteiger partial charge in [-0.2, -0.15) is 36.4 Å². The summed E-state index contributed by atoms with van der Waals surface area (Å²) in [4.78, 5) is 45.7. The van der Waals surface area contributed by atoms with E-state index in [1.165, 1.54) is 91.4 Å². The first-order chi connectivity index (χ1) is 54.4. The quantitative estimate of drug-likeness (QED) is 0.0151. The Morgan fingerprint density at radius 3 is 0.526 bits per heavy atom. The van der Waals surface area contributed by atoms with E-state index in [1.54, 1.807) is 73.4 Å². The third kappa shape index (κ3) is 36.9. The fraction of sp³-hybridized carbons (Fsp3) is 0.0833. The monoisotopic (exact) mass is 1740 g/mol. The molecule has 10 nitrogen and oxygen atoms in total. The van der Waals surface area contributed by atoms with Crippen molar-refractivity contribution in [2.24, 2.45) is 0 Å². The van der Waals surface area contributed by atoms with Crippen molar-refractivity contribution in [3.63, 3.8) is 0 Å². The Hall–Kier alpha value is -10.0. The number of nitrogens with one attached hydrogen (secondary N) is 4. The molecule has 4 aliphatic rings. The van der Waals surface area contributed by atoms with Gasteiger partial charge in [0.2, 0.25) is 0 Å². The number of carbonyl (C=O) groups is 4. The number of ketones is 4. The molecule has 0 unspecified atom stereocenters. The number of carbonyl (C=O) groups excluding carboxylic acids is 4. The predicted molar refractivity (Wildman–Crippen MR) is 473 cm³/mol. The van der Waals surface area contributed by atoms with Gasteiger partial charge < -0.3 is 44.9 Å². The van der Waals surface area contributed by atoms with Crippen molar-refractivity contribution < 1.29 is 87.5 Å². The van der Waals surface area contributed by atoms with Crippen LogP contribution in [0.3, 0.4) is 0 Å². The fourth-order valence-electron chi connectivity index (χ4n) is 11.5. The first kappa shape index (κ1) is 98.2. The first-order valence-corrected chi connectivity index (χ1v) is 43.2. The van der Waals surface area contributed by atoms with Crippen LogP contribution in [-0.2, 0) is 87.5 Å². The molecule has 0 amide bonds. The van der Waals surface area contributed by atoms with Gasteiger partial charge in [0.05, 0.1) is 74.1 Å². The molecule has 572 valence electrons. The molecule has 0 atom stereocenters. The largest absolute Gasteiger partial charge is 6.00 e. The maximum atomic E-state index is 11.4. The summed E-state index contributed by atoms with van der Waals surface area (Å²) in [5.74, 6) is -0.000726. The number of rotatable bonds is 24. The summed E-state index contributed by atoms with van der Waals surface area (Å²) in [6.07, 6.45) is 39.2. The Bertz CT molecular complexity index is 3970. The smallest absolute Gasteiger partial charge is 0.512 e. The predicted octanol–water partition coefficient (Wildman–Crippen LogP) is 15.1. The van der Waals surface area contributed by atoms with E-state index in [9.17, 15) is 19.2 Å². The van der Waals surface area contributed by atoms with Crippen molar-refractivity contribution in [3.05, 3.63) is 461 Å². The number of hydrogen-bond donors (Lipinski definition) is 4. The van der Waals surface area contributed by atoms with Crippen molar-refractivity contribution in [3.8, 4) is 0 Å². The van der Waals surface area contributed by atoms with E-state index >= 15 is 0 Å². The molecule has 0 heterocycles. The fourth-order valence-corrected chi connectivity index (χ4v) is 23.9. The molecule has 0 aromatic heterocycles. The van der Waals surface area contributed by atoms with Crippen LogP contribution in [0, 0.1) is 23.7 Å². The molecule has 114 heavy (non-hydrogen) atoms. The summed E-state index contributed by atoms with van der Waals surface area (Å²) in [7, 11) is -3.13. The topological polar surface area (TPSA) is 164 Å². The molecule has 0 bridgehead atoms. The number of nitrogens with zero attached hydrogens (tertiary/aromatic N) is 2. The second-order valence-electron chi connectivity index (χ2n) is 24.3. The SMILES string of the molecule is O=C1C=CC=CC1=CNCCNC=C1C=CC=CC1=O.O=C1C=CC=CC1=CNCCNC=C1C=CC=CC1=O.[C-]#N.[C-]#N.[Fe+6].[Fe+6].[Fe].[Fe].c1cc[cH-]c1.c1cc[cH-]c1.c1ccc([PH+](CC[PH+](c2ccccc2)c2ccccc2)c2ccccc2)cc1.c1ccc([PH+](CC[PH+](c2ccccc2)c2ccccc2)c2ccccc2)cc1. The van der Waals surface area contributed by atoms with E-state index in [0.717, 1.165) is 0 Å². The number of allylic oxidation sites excluding steroid dienone is 20. The van der Waals surface area contributed by atoms with E-state index < -0.39 is 31.7 Å². The Labute approximate surface area is 722 Å². The van der Waals surface area contributed by atoms with Crippen LogP contribution in [0.15, 0.2) is 448 Å². The summed E-state index contributed by atoms with van der Waals surface area (Å²) >= 11 is 0. The van der Waals surface area contributed by atoms with E-state index in [4.69, 9.17) is 23.7 Å². The molecule has 4 aliphatic carbocycles. The minimum absolute atomic E-state index is 0. The van der Waals surface area contributed by atoms with E-state index in [2.05, 4.69) is 264 Å². The maximum absolute atomic E-state index is 11.4. The summed E-state index contributed by atoms with van der Waals surface area (Å²) < 4.78 is 0. The van der Waals surface area contributed by atoms with Gasteiger partial charge in [-0.15, -0.1) is 0 Å². The average Bonchev–Trinajstić information content (AvgIpc) is 0.932. The van der Waals surface area contributed by atoms with Gasteiger partial charge in [0.25, 0.3) is 0 Å². The molecule has 0 spiro atoms. The summed E-state index contributed by atoms with van der Waals surface area (Å²) in [5.41, 5.74) is 2.56. The summed E-state index contributed by atoms with van der Waals surface area (Å²) in [5, 5.41) is 36.9. The molecule has 4 N–H and O–H groups in total. The molecular formula is C96H94Fe4N6O4P4+12. The van der Waals surface area contributed by atoms with Crippen LogP contribution in [0.4, 0.5) is 0 Å². The number of hydrogen-bond acceptors (Lipinski definition) is 10. The van der Waals surface area contributed by atoms with Crippen LogP contribution >= 0.6 is 31.7 Å². The standard InChI is InChI=1S/2C26H24P2.2C16H16N2O2.2C5H5.2CN.4Fe/c2*1-5-13-23(14-6-1)27(24-15-7-2-8-16-24)21-22-28(25-17-9-3-10-18-25)26-19-11-4-12-20-26;2*19-15-7-3-1-5-13(15)11-17-9-10-18-12-14-6-2-4-8-16(14)20;2*1-2-4-5-3-1;2*1-2;;;;/h2*1-20H,21-22H2;2*1-8,11-12,17-18H,9-10H2;2*1-5H;;;;;;/q;;;;4*-1;;;2*+6/p+4. The van der Waals surface area contributed by atoms with Gasteiger partial charge in [-0.05, 0) is 146 Å². The van der Waals surface area contributed by atoms with Gasteiger partial charge in [-0.1, -0.05) is 194 Å². The molecule has 10 aromatic rings. The zero-order chi connectivity index (χ0) is 77.5. The van der Waals surface area contributed by atoms with Crippen LogP contribution in [0.5, 0.6) is 0 Å². The molecule has 0 aliphatic heterocycles. The Morgan fingerprint density at radius 2 is 0.395 bits per heavy atom. The minimum atomic E-state index is -0.783. The van der Waals surface area contributed by atoms with Crippen LogP contribution in [0.1, 0.15) is 0 Å². The van der Waals surface area contributed by atoms with E-state index in [1.807, 2.05) is 85.0 Å². The van der Waals surface area contributed by atoms with Crippen molar-refractivity contribution in [1.82, 2.24) is 21.3 Å². The maximum Gasteiger partial charge on any atom is 6.00 e. The second-order valence-corrected chi connectivity index (χ2v) is 34.8. The van der Waals surface area contributed by atoms with Crippen molar-refractivity contribution in [2.75, 3.05) is 50.8 Å². The zero-order valence-corrected chi connectivity index (χ0v) is 71.4. The van der Waals surface area contributed by atoms with Crippen LogP contribution < -0.4 is 63.7 Å². The van der Waals surface area contributed by atoms with Crippen molar-refractivity contribution >= 4 is 97.3 Å². The van der Waals surface area contributed by atoms with Gasteiger partial charge in [0.15, 0.2) is 23.1 Å². The second kappa shape index (κ2) is 61.5. The van der Waals surface area contributed by atoms with Gasteiger partial charge in [0, 0.05) is 107 Å². The molecule has 10 aromatic carbocycles. The van der Waals surface area contributed by atoms with Gasteiger partial charge in [0.1, 0.15) is 24.6 Å². The molecule has 0 radical (unpaired) electrons. The third-order valence-electron chi connectivity index (χ3n) is 16.9. The molecular weight excluding hydrogens is 1650 g/mol. The zero-order valence-electron chi connectivity index (χ0n) is 63.0. The Kier molecular flexibility index (Phi) is 53.0. The van der Waals surface area contributed by atoms with Crippen LogP contribution in [-0.4, -0.2) is 74.0 Å². The molecule has 0 fully saturated rings. The summed E-state index contributed by atoms with van der Waals surface area (Å²) in [6.45, 7) is 12.1. The Morgan fingerprint density at radius 1 is 0.246 bits per heavy atom.